The topological polar surface area (TPSA) is 35.2 Å². The molecular formula is C16H18FNOS. The number of anilines is 1. The van der Waals surface area contributed by atoms with E-state index >= 15 is 0 Å². The molecule has 0 saturated heterocycles. The second-order valence-corrected chi connectivity index (χ2v) is 5.83. The minimum atomic E-state index is -0.430. The molecule has 2 nitrogen and oxygen atoms in total. The maximum absolute atomic E-state index is 13.5. The van der Waals surface area contributed by atoms with Crippen molar-refractivity contribution in [2.45, 2.75) is 24.5 Å². The molecule has 0 aromatic heterocycles. The largest absolute Gasteiger partial charge is 0.494 e. The number of nitrogens with two attached hydrogens (primary N) is 1. The zero-order valence-electron chi connectivity index (χ0n) is 11.9. The van der Waals surface area contributed by atoms with Crippen molar-refractivity contribution < 1.29 is 9.13 Å². The molecule has 0 spiro atoms. The van der Waals surface area contributed by atoms with Crippen molar-refractivity contribution in [2.24, 2.45) is 0 Å². The van der Waals surface area contributed by atoms with E-state index < -0.39 is 5.82 Å². The molecule has 2 N–H and O–H groups in total. The summed E-state index contributed by atoms with van der Waals surface area (Å²) < 4.78 is 18.5. The molecule has 2 aromatic carbocycles. The number of hydrogen-bond acceptors (Lipinski definition) is 3. The van der Waals surface area contributed by atoms with Crippen LogP contribution in [0.25, 0.3) is 0 Å². The lowest BCUT2D eigenvalue weighted by atomic mass is 10.1. The minimum Gasteiger partial charge on any atom is -0.494 e. The van der Waals surface area contributed by atoms with Gasteiger partial charge in [0, 0.05) is 22.4 Å². The van der Waals surface area contributed by atoms with Crippen LogP contribution in [0.4, 0.5) is 10.1 Å². The highest BCUT2D eigenvalue weighted by atomic mass is 32.2. The molecule has 2 rings (SSSR count). The van der Waals surface area contributed by atoms with Crippen molar-refractivity contribution in [3.8, 4) is 5.75 Å². The summed E-state index contributed by atoms with van der Waals surface area (Å²) in [6.45, 7) is 4.16. The Labute approximate surface area is 123 Å². The van der Waals surface area contributed by atoms with Crippen LogP contribution in [0.5, 0.6) is 5.75 Å². The number of thioether (sulfide) groups is 1. The van der Waals surface area contributed by atoms with Gasteiger partial charge in [-0.3, -0.25) is 0 Å². The molecule has 0 amide bonds. The highest BCUT2D eigenvalue weighted by molar-refractivity contribution is 7.98. The lowest BCUT2D eigenvalue weighted by Crippen LogP contribution is -1.95. The first kappa shape index (κ1) is 14.7. The van der Waals surface area contributed by atoms with Gasteiger partial charge in [0.15, 0.2) is 11.6 Å². The Bertz CT molecular complexity index is 608. The monoisotopic (exact) mass is 291 g/mol. The molecule has 20 heavy (non-hydrogen) atoms. The van der Waals surface area contributed by atoms with Crippen molar-refractivity contribution in [3.05, 3.63) is 52.8 Å². The van der Waals surface area contributed by atoms with Crippen LogP contribution in [-0.4, -0.2) is 7.11 Å². The summed E-state index contributed by atoms with van der Waals surface area (Å²) in [5, 5.41) is 0. The van der Waals surface area contributed by atoms with Gasteiger partial charge in [-0.2, -0.15) is 0 Å². The second kappa shape index (κ2) is 6.18. The van der Waals surface area contributed by atoms with Gasteiger partial charge in [-0.1, -0.05) is 29.3 Å². The predicted molar refractivity (Wildman–Crippen MR) is 82.8 cm³/mol. The molecule has 106 valence electrons. The van der Waals surface area contributed by atoms with Crippen LogP contribution < -0.4 is 10.5 Å². The standard InChI is InChI=1S/C16H18FNOS/c1-10-4-11(2)6-12(5-10)9-20-16-8-15(19-3)13(17)7-14(16)18/h4-8H,9,18H2,1-3H3. The number of aryl methyl sites for hydroxylation is 2. The van der Waals surface area contributed by atoms with E-state index in [1.165, 1.54) is 29.9 Å². The molecule has 0 aliphatic carbocycles. The fraction of sp³-hybridized carbons (Fsp3) is 0.250. The van der Waals surface area contributed by atoms with Gasteiger partial charge >= 0.3 is 0 Å². The van der Waals surface area contributed by atoms with Gasteiger partial charge in [-0.15, -0.1) is 11.8 Å². The average molecular weight is 291 g/mol. The lowest BCUT2D eigenvalue weighted by molar-refractivity contribution is 0.385. The summed E-state index contributed by atoms with van der Waals surface area (Å²) >= 11 is 1.58. The number of hydrogen-bond donors (Lipinski definition) is 1. The minimum absolute atomic E-state index is 0.224. The van der Waals surface area contributed by atoms with Gasteiger partial charge in [-0.25, -0.2) is 4.39 Å². The Balaban J connectivity index is 2.18. The van der Waals surface area contributed by atoms with Crippen molar-refractivity contribution in [2.75, 3.05) is 12.8 Å². The Kier molecular flexibility index (Phi) is 4.55. The van der Waals surface area contributed by atoms with Gasteiger partial charge < -0.3 is 10.5 Å². The average Bonchev–Trinajstić information content (AvgIpc) is 2.36. The Morgan fingerprint density at radius 2 is 1.75 bits per heavy atom. The third-order valence-electron chi connectivity index (χ3n) is 2.96. The van der Waals surface area contributed by atoms with Crippen molar-refractivity contribution in [1.82, 2.24) is 0 Å². The molecule has 0 aliphatic rings. The van der Waals surface area contributed by atoms with Gasteiger partial charge in [0.2, 0.25) is 0 Å². The molecule has 4 heteroatoms. The molecule has 0 atom stereocenters. The smallest absolute Gasteiger partial charge is 0.167 e. The van der Waals surface area contributed by atoms with Crippen molar-refractivity contribution in [3.63, 3.8) is 0 Å². The summed E-state index contributed by atoms with van der Waals surface area (Å²) in [4.78, 5) is 0.836. The highest BCUT2D eigenvalue weighted by Gasteiger charge is 2.09. The van der Waals surface area contributed by atoms with Crippen LogP contribution in [-0.2, 0) is 5.75 Å². The van der Waals surface area contributed by atoms with E-state index in [0.717, 1.165) is 10.6 Å². The number of benzene rings is 2. The third-order valence-corrected chi connectivity index (χ3v) is 4.10. The van der Waals surface area contributed by atoms with Gasteiger partial charge in [0.05, 0.1) is 7.11 Å². The summed E-state index contributed by atoms with van der Waals surface area (Å²) in [5.41, 5.74) is 10.0. The zero-order valence-corrected chi connectivity index (χ0v) is 12.7. The maximum atomic E-state index is 13.5. The Morgan fingerprint density at radius 3 is 2.35 bits per heavy atom. The molecule has 0 heterocycles. The van der Waals surface area contributed by atoms with Crippen LogP contribution in [0, 0.1) is 19.7 Å². The second-order valence-electron chi connectivity index (χ2n) is 4.81. The van der Waals surface area contributed by atoms with Crippen LogP contribution in [0.2, 0.25) is 0 Å². The molecule has 0 aliphatic heterocycles. The molecule has 0 radical (unpaired) electrons. The van der Waals surface area contributed by atoms with E-state index in [-0.39, 0.29) is 5.75 Å². The van der Waals surface area contributed by atoms with Crippen LogP contribution in [0.15, 0.2) is 35.2 Å². The maximum Gasteiger partial charge on any atom is 0.167 e. The predicted octanol–water partition coefficient (Wildman–Crippen LogP) is 4.33. The zero-order chi connectivity index (χ0) is 14.7. The first-order valence-corrected chi connectivity index (χ1v) is 7.31. The summed E-state index contributed by atoms with van der Waals surface area (Å²) in [6, 6.07) is 9.40. The third kappa shape index (κ3) is 3.45. The van der Waals surface area contributed by atoms with Crippen molar-refractivity contribution >= 4 is 17.4 Å². The van der Waals surface area contributed by atoms with Crippen molar-refractivity contribution in [1.29, 1.82) is 0 Å². The summed E-state index contributed by atoms with van der Waals surface area (Å²) in [6.07, 6.45) is 0. The Hall–Kier alpha value is -1.68. The van der Waals surface area contributed by atoms with E-state index in [1.807, 2.05) is 0 Å². The number of rotatable bonds is 4. The van der Waals surface area contributed by atoms with Crippen LogP contribution in [0.3, 0.4) is 0 Å². The van der Waals surface area contributed by atoms with E-state index in [1.54, 1.807) is 17.8 Å². The highest BCUT2D eigenvalue weighted by Crippen LogP contribution is 2.33. The lowest BCUT2D eigenvalue weighted by Gasteiger charge is -2.10. The molecule has 0 fully saturated rings. The normalized spacial score (nSPS) is 10.6. The SMILES string of the molecule is COc1cc(SCc2cc(C)cc(C)c2)c(N)cc1F. The molecule has 0 unspecified atom stereocenters. The van der Waals surface area contributed by atoms with Gasteiger partial charge in [-0.05, 0) is 25.5 Å². The van der Waals surface area contributed by atoms with E-state index in [0.29, 0.717) is 5.69 Å². The molecule has 0 saturated carbocycles. The van der Waals surface area contributed by atoms with E-state index in [2.05, 4.69) is 32.0 Å². The number of halogens is 1. The van der Waals surface area contributed by atoms with Gasteiger partial charge in [0.1, 0.15) is 0 Å². The quantitative estimate of drug-likeness (QED) is 0.673. The molecule has 0 bridgehead atoms. The molecular weight excluding hydrogens is 273 g/mol. The Morgan fingerprint density at radius 1 is 1.10 bits per heavy atom. The van der Waals surface area contributed by atoms with E-state index in [4.69, 9.17) is 10.5 Å². The van der Waals surface area contributed by atoms with Crippen LogP contribution >= 0.6 is 11.8 Å². The first-order chi connectivity index (χ1) is 9.49. The van der Waals surface area contributed by atoms with Gasteiger partial charge in [0.25, 0.3) is 0 Å². The number of nitrogen functional groups attached to an aromatic ring is 1. The summed E-state index contributed by atoms with van der Waals surface area (Å²) in [7, 11) is 1.45. The fourth-order valence-electron chi connectivity index (χ4n) is 2.14. The van der Waals surface area contributed by atoms with E-state index in [9.17, 15) is 4.39 Å². The molecule has 2 aromatic rings. The number of ether oxygens (including phenoxy) is 1. The van der Waals surface area contributed by atoms with Crippen LogP contribution in [0.1, 0.15) is 16.7 Å². The number of methoxy groups -OCH3 is 1. The summed E-state index contributed by atoms with van der Waals surface area (Å²) in [5.74, 6) is 0.587. The fourth-order valence-corrected chi connectivity index (χ4v) is 3.05. The first-order valence-electron chi connectivity index (χ1n) is 6.32.